The highest BCUT2D eigenvalue weighted by molar-refractivity contribution is 5.64. The third-order valence-electron chi connectivity index (χ3n) is 2.75. The number of benzene rings is 1. The summed E-state index contributed by atoms with van der Waals surface area (Å²) in [5.41, 5.74) is 10.9. The number of nitrogens with zero attached hydrogens (tertiary/aromatic N) is 1. The number of hydrogen-bond donors (Lipinski definition) is 2. The Hall–Kier alpha value is -2.03. The SMILES string of the molecule is Cc1ccc(C)c(Nc2ncc(N)cc2C)c1. The van der Waals surface area contributed by atoms with Crippen LogP contribution in [-0.4, -0.2) is 4.98 Å². The highest BCUT2D eigenvalue weighted by atomic mass is 15.0. The number of nitrogens with one attached hydrogen (secondary N) is 1. The van der Waals surface area contributed by atoms with Gasteiger partial charge in [0.25, 0.3) is 0 Å². The van der Waals surface area contributed by atoms with Crippen LogP contribution in [0, 0.1) is 20.8 Å². The van der Waals surface area contributed by atoms with E-state index in [2.05, 4.69) is 42.3 Å². The summed E-state index contributed by atoms with van der Waals surface area (Å²) in [6.45, 7) is 6.15. The number of nitrogens with two attached hydrogens (primary N) is 1. The minimum atomic E-state index is 0.689. The number of pyridine rings is 1. The van der Waals surface area contributed by atoms with Crippen molar-refractivity contribution in [2.45, 2.75) is 20.8 Å². The molecule has 3 nitrogen and oxygen atoms in total. The van der Waals surface area contributed by atoms with Crippen molar-refractivity contribution in [3.63, 3.8) is 0 Å². The van der Waals surface area contributed by atoms with Gasteiger partial charge in [-0.1, -0.05) is 12.1 Å². The topological polar surface area (TPSA) is 50.9 Å². The normalized spacial score (nSPS) is 10.3. The first-order valence-electron chi connectivity index (χ1n) is 5.62. The lowest BCUT2D eigenvalue weighted by atomic mass is 10.1. The lowest BCUT2D eigenvalue weighted by Gasteiger charge is -2.12. The molecule has 88 valence electrons. The van der Waals surface area contributed by atoms with Crippen molar-refractivity contribution in [3.8, 4) is 0 Å². The van der Waals surface area contributed by atoms with E-state index in [0.29, 0.717) is 5.69 Å². The molecule has 0 aliphatic heterocycles. The lowest BCUT2D eigenvalue weighted by Crippen LogP contribution is -1.99. The summed E-state index contributed by atoms with van der Waals surface area (Å²) in [6, 6.07) is 8.24. The van der Waals surface area contributed by atoms with Crippen LogP contribution in [0.3, 0.4) is 0 Å². The molecule has 2 rings (SSSR count). The van der Waals surface area contributed by atoms with Crippen molar-refractivity contribution < 1.29 is 0 Å². The Labute approximate surface area is 102 Å². The maximum Gasteiger partial charge on any atom is 0.133 e. The Balaban J connectivity index is 2.34. The van der Waals surface area contributed by atoms with Crippen LogP contribution in [0.4, 0.5) is 17.2 Å². The Morgan fingerprint density at radius 1 is 1.06 bits per heavy atom. The molecule has 3 N–H and O–H groups in total. The predicted octanol–water partition coefficient (Wildman–Crippen LogP) is 3.33. The molecular formula is C14H17N3. The van der Waals surface area contributed by atoms with Crippen molar-refractivity contribution in [1.82, 2.24) is 4.98 Å². The van der Waals surface area contributed by atoms with E-state index in [1.165, 1.54) is 11.1 Å². The number of aryl methyl sites for hydroxylation is 3. The van der Waals surface area contributed by atoms with Crippen molar-refractivity contribution in [3.05, 3.63) is 47.2 Å². The molecule has 0 unspecified atom stereocenters. The van der Waals surface area contributed by atoms with E-state index in [1.54, 1.807) is 6.20 Å². The van der Waals surface area contributed by atoms with Crippen LogP contribution in [0.15, 0.2) is 30.5 Å². The number of aromatic nitrogens is 1. The number of anilines is 3. The van der Waals surface area contributed by atoms with Crippen LogP contribution in [0.25, 0.3) is 0 Å². The average molecular weight is 227 g/mol. The van der Waals surface area contributed by atoms with Crippen LogP contribution >= 0.6 is 0 Å². The highest BCUT2D eigenvalue weighted by Crippen LogP contribution is 2.23. The molecule has 1 heterocycles. The standard InChI is InChI=1S/C14H17N3/c1-9-4-5-10(2)13(6-9)17-14-11(3)7-12(15)8-16-14/h4-8H,15H2,1-3H3,(H,16,17). The second-order valence-electron chi connectivity index (χ2n) is 4.38. The molecule has 0 amide bonds. The van der Waals surface area contributed by atoms with Gasteiger partial charge in [-0.05, 0) is 49.6 Å². The molecule has 0 fully saturated rings. The van der Waals surface area contributed by atoms with E-state index in [0.717, 1.165) is 17.1 Å². The molecule has 0 radical (unpaired) electrons. The summed E-state index contributed by atoms with van der Waals surface area (Å²) in [5.74, 6) is 0.855. The first kappa shape index (κ1) is 11.5. The Morgan fingerprint density at radius 3 is 2.53 bits per heavy atom. The molecule has 0 aliphatic rings. The Bertz CT molecular complexity index is 547. The molecule has 0 atom stereocenters. The molecule has 17 heavy (non-hydrogen) atoms. The van der Waals surface area contributed by atoms with E-state index >= 15 is 0 Å². The van der Waals surface area contributed by atoms with Gasteiger partial charge in [0.15, 0.2) is 0 Å². The quantitative estimate of drug-likeness (QED) is 0.827. The fourth-order valence-electron chi connectivity index (χ4n) is 1.73. The highest BCUT2D eigenvalue weighted by Gasteiger charge is 2.03. The number of nitrogen functional groups attached to an aromatic ring is 1. The smallest absolute Gasteiger partial charge is 0.133 e. The van der Waals surface area contributed by atoms with Gasteiger partial charge >= 0.3 is 0 Å². The van der Waals surface area contributed by atoms with Crippen molar-refractivity contribution in [2.75, 3.05) is 11.1 Å². The monoisotopic (exact) mass is 227 g/mol. The van der Waals surface area contributed by atoms with Crippen LogP contribution in [0.2, 0.25) is 0 Å². The maximum atomic E-state index is 5.68. The Kier molecular flexibility index (Phi) is 3.00. The first-order valence-corrected chi connectivity index (χ1v) is 5.62. The number of hydrogen-bond acceptors (Lipinski definition) is 3. The number of rotatable bonds is 2. The minimum absolute atomic E-state index is 0.689. The van der Waals surface area contributed by atoms with Gasteiger partial charge in [0, 0.05) is 5.69 Å². The van der Waals surface area contributed by atoms with Crippen molar-refractivity contribution >= 4 is 17.2 Å². The summed E-state index contributed by atoms with van der Waals surface area (Å²) < 4.78 is 0. The maximum absolute atomic E-state index is 5.68. The molecular weight excluding hydrogens is 210 g/mol. The third-order valence-corrected chi connectivity index (χ3v) is 2.75. The van der Waals surface area contributed by atoms with Gasteiger partial charge in [0.05, 0.1) is 11.9 Å². The third kappa shape index (κ3) is 2.56. The van der Waals surface area contributed by atoms with E-state index in [9.17, 15) is 0 Å². The van der Waals surface area contributed by atoms with Crippen LogP contribution in [0.1, 0.15) is 16.7 Å². The van der Waals surface area contributed by atoms with Crippen molar-refractivity contribution in [1.29, 1.82) is 0 Å². The van der Waals surface area contributed by atoms with Crippen LogP contribution < -0.4 is 11.1 Å². The van der Waals surface area contributed by atoms with Crippen molar-refractivity contribution in [2.24, 2.45) is 0 Å². The van der Waals surface area contributed by atoms with Gasteiger partial charge in [-0.25, -0.2) is 4.98 Å². The summed E-state index contributed by atoms with van der Waals surface area (Å²) >= 11 is 0. The average Bonchev–Trinajstić information content (AvgIpc) is 2.27. The molecule has 0 spiro atoms. The summed E-state index contributed by atoms with van der Waals surface area (Å²) in [5, 5.41) is 3.34. The largest absolute Gasteiger partial charge is 0.397 e. The Morgan fingerprint density at radius 2 is 1.82 bits per heavy atom. The first-order chi connectivity index (χ1) is 8.06. The fraction of sp³-hybridized carbons (Fsp3) is 0.214. The molecule has 1 aromatic heterocycles. The minimum Gasteiger partial charge on any atom is -0.397 e. The predicted molar refractivity (Wildman–Crippen MR) is 72.6 cm³/mol. The zero-order chi connectivity index (χ0) is 12.4. The van der Waals surface area contributed by atoms with Gasteiger partial charge in [0.1, 0.15) is 5.82 Å². The molecule has 3 heteroatoms. The fourth-order valence-corrected chi connectivity index (χ4v) is 1.73. The molecule has 0 aliphatic carbocycles. The van der Waals surface area contributed by atoms with E-state index < -0.39 is 0 Å². The summed E-state index contributed by atoms with van der Waals surface area (Å²) in [7, 11) is 0. The molecule has 0 bridgehead atoms. The second kappa shape index (κ2) is 4.45. The van der Waals surface area contributed by atoms with Gasteiger partial charge in [-0.15, -0.1) is 0 Å². The van der Waals surface area contributed by atoms with Gasteiger partial charge in [-0.2, -0.15) is 0 Å². The molecule has 2 aromatic rings. The van der Waals surface area contributed by atoms with Crippen LogP contribution in [-0.2, 0) is 0 Å². The van der Waals surface area contributed by atoms with Crippen LogP contribution in [0.5, 0.6) is 0 Å². The lowest BCUT2D eigenvalue weighted by molar-refractivity contribution is 1.25. The van der Waals surface area contributed by atoms with Gasteiger partial charge < -0.3 is 11.1 Å². The van der Waals surface area contributed by atoms with E-state index in [4.69, 9.17) is 5.73 Å². The van der Waals surface area contributed by atoms with Gasteiger partial charge in [-0.3, -0.25) is 0 Å². The second-order valence-corrected chi connectivity index (χ2v) is 4.38. The zero-order valence-electron chi connectivity index (χ0n) is 10.4. The zero-order valence-corrected chi connectivity index (χ0v) is 10.4. The van der Waals surface area contributed by atoms with E-state index in [-0.39, 0.29) is 0 Å². The summed E-state index contributed by atoms with van der Waals surface area (Å²) in [6.07, 6.45) is 1.67. The summed E-state index contributed by atoms with van der Waals surface area (Å²) in [4.78, 5) is 4.31. The van der Waals surface area contributed by atoms with Gasteiger partial charge in [0.2, 0.25) is 0 Å². The molecule has 0 saturated heterocycles. The molecule has 1 aromatic carbocycles. The molecule has 0 saturated carbocycles. The van der Waals surface area contributed by atoms with E-state index in [1.807, 2.05) is 13.0 Å².